The van der Waals surface area contributed by atoms with Gasteiger partial charge in [-0.2, -0.15) is 0 Å². The minimum atomic E-state index is -1.05. The Morgan fingerprint density at radius 1 is 0.895 bits per heavy atom. The van der Waals surface area contributed by atoms with Gasteiger partial charge < -0.3 is 0 Å². The number of halogens is 5. The van der Waals surface area contributed by atoms with Crippen molar-refractivity contribution in [3.8, 4) is 0 Å². The molecule has 2 aromatic rings. The largest absolute Gasteiger partial charge is 0.288 e. The summed E-state index contributed by atoms with van der Waals surface area (Å²) >= 11 is 5.77. The first kappa shape index (κ1) is 14.3. The van der Waals surface area contributed by atoms with Crippen molar-refractivity contribution in [1.82, 2.24) is 0 Å². The number of benzene rings is 2. The van der Waals surface area contributed by atoms with Crippen LogP contribution in [-0.2, 0) is 0 Å². The molecular weight excluding hydrogens is 389 g/mol. The molecule has 0 saturated carbocycles. The van der Waals surface area contributed by atoms with Crippen molar-refractivity contribution in [3.05, 3.63) is 67.9 Å². The molecule has 0 fully saturated rings. The van der Waals surface area contributed by atoms with E-state index in [1.54, 1.807) is 0 Å². The van der Waals surface area contributed by atoms with E-state index in [1.165, 1.54) is 18.2 Å². The predicted molar refractivity (Wildman–Crippen MR) is 71.6 cm³/mol. The third-order valence-corrected chi connectivity index (χ3v) is 3.69. The van der Waals surface area contributed by atoms with Crippen LogP contribution in [0.25, 0.3) is 0 Å². The fourth-order valence-electron chi connectivity index (χ4n) is 1.55. The van der Waals surface area contributed by atoms with Gasteiger partial charge in [-0.15, -0.1) is 0 Å². The molecule has 0 radical (unpaired) electrons. The van der Waals surface area contributed by atoms with Gasteiger partial charge in [-0.1, -0.05) is 6.07 Å². The van der Waals surface area contributed by atoms with E-state index in [0.29, 0.717) is 0 Å². The molecule has 0 saturated heterocycles. The second-order valence-electron chi connectivity index (χ2n) is 3.65. The van der Waals surface area contributed by atoms with Crippen molar-refractivity contribution in [1.29, 1.82) is 0 Å². The standard InChI is InChI=1S/C13H5Br2F3O/c14-7-3-1-2-6(11(7)17)13(19)10-9(16)5-4-8(15)12(10)18/h1-5H. The van der Waals surface area contributed by atoms with Crippen molar-refractivity contribution in [2.45, 2.75) is 0 Å². The highest BCUT2D eigenvalue weighted by Crippen LogP contribution is 2.26. The number of hydrogen-bond acceptors (Lipinski definition) is 1. The first-order chi connectivity index (χ1) is 8.93. The Morgan fingerprint density at radius 3 is 2.21 bits per heavy atom. The van der Waals surface area contributed by atoms with Crippen molar-refractivity contribution in [2.24, 2.45) is 0 Å². The Labute approximate surface area is 123 Å². The van der Waals surface area contributed by atoms with Crippen molar-refractivity contribution in [2.75, 3.05) is 0 Å². The van der Waals surface area contributed by atoms with Crippen LogP contribution in [0.1, 0.15) is 15.9 Å². The maximum atomic E-state index is 13.8. The van der Waals surface area contributed by atoms with E-state index in [0.717, 1.165) is 12.1 Å². The lowest BCUT2D eigenvalue weighted by Crippen LogP contribution is -2.10. The van der Waals surface area contributed by atoms with Gasteiger partial charge in [0.15, 0.2) is 5.82 Å². The van der Waals surface area contributed by atoms with Gasteiger partial charge in [0.25, 0.3) is 0 Å². The highest BCUT2D eigenvalue weighted by atomic mass is 79.9. The molecule has 0 N–H and O–H groups in total. The average Bonchev–Trinajstić information content (AvgIpc) is 2.37. The van der Waals surface area contributed by atoms with Gasteiger partial charge in [-0.05, 0) is 56.1 Å². The topological polar surface area (TPSA) is 17.1 Å². The smallest absolute Gasteiger partial charge is 0.201 e. The Kier molecular flexibility index (Phi) is 4.10. The summed E-state index contributed by atoms with van der Waals surface area (Å²) in [6.07, 6.45) is 0. The number of carbonyl (C=O) groups excluding carboxylic acids is 1. The molecule has 0 aliphatic carbocycles. The molecule has 0 atom stereocenters. The molecular formula is C13H5Br2F3O. The molecule has 0 spiro atoms. The number of rotatable bonds is 2. The fraction of sp³-hybridized carbons (Fsp3) is 0. The van der Waals surface area contributed by atoms with Crippen LogP contribution in [0.4, 0.5) is 13.2 Å². The predicted octanol–water partition coefficient (Wildman–Crippen LogP) is 4.86. The lowest BCUT2D eigenvalue weighted by Gasteiger charge is -2.07. The zero-order chi connectivity index (χ0) is 14.2. The number of carbonyl (C=O) groups is 1. The van der Waals surface area contributed by atoms with Gasteiger partial charge in [-0.25, -0.2) is 13.2 Å². The lowest BCUT2D eigenvalue weighted by molar-refractivity contribution is 0.102. The molecule has 2 aromatic carbocycles. The zero-order valence-electron chi connectivity index (χ0n) is 9.18. The summed E-state index contributed by atoms with van der Waals surface area (Å²) in [5.41, 5.74) is -1.18. The second kappa shape index (κ2) is 5.46. The van der Waals surface area contributed by atoms with Crippen molar-refractivity contribution in [3.63, 3.8) is 0 Å². The highest BCUT2D eigenvalue weighted by molar-refractivity contribution is 9.10. The van der Waals surface area contributed by atoms with Crippen molar-refractivity contribution < 1.29 is 18.0 Å². The summed E-state index contributed by atoms with van der Waals surface area (Å²) in [4.78, 5) is 12.1. The SMILES string of the molecule is O=C(c1cccc(Br)c1F)c1c(F)ccc(Br)c1F. The molecule has 19 heavy (non-hydrogen) atoms. The number of hydrogen-bond donors (Lipinski definition) is 0. The van der Waals surface area contributed by atoms with Crippen LogP contribution in [0.3, 0.4) is 0 Å². The molecule has 0 heterocycles. The Bertz CT molecular complexity index is 671. The van der Waals surface area contributed by atoms with Gasteiger partial charge >= 0.3 is 0 Å². The third kappa shape index (κ3) is 2.60. The highest BCUT2D eigenvalue weighted by Gasteiger charge is 2.24. The van der Waals surface area contributed by atoms with Crippen LogP contribution in [0, 0.1) is 17.5 Å². The van der Waals surface area contributed by atoms with Gasteiger partial charge in [0.2, 0.25) is 5.78 Å². The van der Waals surface area contributed by atoms with Gasteiger partial charge in [0, 0.05) is 0 Å². The van der Waals surface area contributed by atoms with Gasteiger partial charge in [0.05, 0.1) is 20.1 Å². The Balaban J connectivity index is 2.63. The second-order valence-corrected chi connectivity index (χ2v) is 5.36. The van der Waals surface area contributed by atoms with Crippen molar-refractivity contribution >= 4 is 37.6 Å². The Hall–Kier alpha value is -1.14. The van der Waals surface area contributed by atoms with E-state index in [4.69, 9.17) is 0 Å². The molecule has 0 unspecified atom stereocenters. The molecule has 0 bridgehead atoms. The molecule has 1 nitrogen and oxygen atoms in total. The van der Waals surface area contributed by atoms with E-state index in [1.807, 2.05) is 0 Å². The van der Waals surface area contributed by atoms with Crippen LogP contribution in [0.5, 0.6) is 0 Å². The van der Waals surface area contributed by atoms with Crippen LogP contribution < -0.4 is 0 Å². The maximum Gasteiger partial charge on any atom is 0.201 e. The summed E-state index contributed by atoms with van der Waals surface area (Å²) in [5, 5.41) is 0. The molecule has 0 aliphatic rings. The van der Waals surface area contributed by atoms with Gasteiger partial charge in [0.1, 0.15) is 11.6 Å². The normalized spacial score (nSPS) is 10.6. The first-order valence-electron chi connectivity index (χ1n) is 5.05. The number of ketones is 1. The zero-order valence-corrected chi connectivity index (χ0v) is 12.4. The van der Waals surface area contributed by atoms with Crippen LogP contribution in [0.2, 0.25) is 0 Å². The summed E-state index contributed by atoms with van der Waals surface area (Å²) in [5.74, 6) is -3.99. The lowest BCUT2D eigenvalue weighted by atomic mass is 10.0. The van der Waals surface area contributed by atoms with Crippen LogP contribution >= 0.6 is 31.9 Å². The summed E-state index contributed by atoms with van der Waals surface area (Å²) < 4.78 is 41.1. The van der Waals surface area contributed by atoms with E-state index >= 15 is 0 Å². The minimum Gasteiger partial charge on any atom is -0.288 e. The maximum absolute atomic E-state index is 13.8. The summed E-state index contributed by atoms with van der Waals surface area (Å²) in [6.45, 7) is 0. The monoisotopic (exact) mass is 392 g/mol. The fourth-order valence-corrected chi connectivity index (χ4v) is 2.25. The molecule has 2 rings (SSSR count). The quantitative estimate of drug-likeness (QED) is 0.526. The molecule has 0 aromatic heterocycles. The molecule has 98 valence electrons. The van der Waals surface area contributed by atoms with Crippen LogP contribution in [-0.4, -0.2) is 5.78 Å². The molecule has 0 aliphatic heterocycles. The van der Waals surface area contributed by atoms with E-state index in [2.05, 4.69) is 31.9 Å². The van der Waals surface area contributed by atoms with E-state index in [9.17, 15) is 18.0 Å². The average molecular weight is 394 g/mol. The molecule has 6 heteroatoms. The molecule has 0 amide bonds. The minimum absolute atomic E-state index is 0.0502. The summed E-state index contributed by atoms with van der Waals surface area (Å²) in [7, 11) is 0. The Morgan fingerprint density at radius 2 is 1.53 bits per heavy atom. The third-order valence-electron chi connectivity index (χ3n) is 2.47. The van der Waals surface area contributed by atoms with E-state index < -0.39 is 34.4 Å². The summed E-state index contributed by atoms with van der Waals surface area (Å²) in [6, 6.07) is 6.05. The first-order valence-corrected chi connectivity index (χ1v) is 6.64. The van der Waals surface area contributed by atoms with E-state index in [-0.39, 0.29) is 8.95 Å². The van der Waals surface area contributed by atoms with Crippen LogP contribution in [0.15, 0.2) is 39.3 Å². The van der Waals surface area contributed by atoms with Gasteiger partial charge in [-0.3, -0.25) is 4.79 Å².